The number of ether oxygens (including phenoxy) is 1. The molecular weight excluding hydrogens is 210 g/mol. The summed E-state index contributed by atoms with van der Waals surface area (Å²) >= 11 is 5.79. The van der Waals surface area contributed by atoms with Gasteiger partial charge in [-0.1, -0.05) is 18.0 Å². The van der Waals surface area contributed by atoms with Gasteiger partial charge >= 0.3 is 0 Å². The molecule has 0 heterocycles. The summed E-state index contributed by atoms with van der Waals surface area (Å²) in [6.45, 7) is 0.719. The number of hydrogen-bond donors (Lipinski definition) is 0. The molecule has 2 nitrogen and oxygen atoms in total. The van der Waals surface area contributed by atoms with Gasteiger partial charge in [-0.15, -0.1) is 0 Å². The van der Waals surface area contributed by atoms with E-state index in [4.69, 9.17) is 21.6 Å². The largest absolute Gasteiger partial charge is 0.492 e. The van der Waals surface area contributed by atoms with E-state index >= 15 is 0 Å². The van der Waals surface area contributed by atoms with Gasteiger partial charge in [0.1, 0.15) is 11.8 Å². The highest BCUT2D eigenvalue weighted by Gasteiger charge is 2.18. The molecule has 2 rings (SSSR count). The third-order valence-electron chi connectivity index (χ3n) is 2.76. The van der Waals surface area contributed by atoms with E-state index in [2.05, 4.69) is 6.07 Å². The van der Waals surface area contributed by atoms with Crippen molar-refractivity contribution in [2.24, 2.45) is 5.92 Å². The second-order valence-corrected chi connectivity index (χ2v) is 4.30. The molecular formula is C12H12ClNO. The van der Waals surface area contributed by atoms with Crippen LogP contribution in [0.2, 0.25) is 5.02 Å². The fraction of sp³-hybridized carbons (Fsp3) is 0.417. The lowest BCUT2D eigenvalue weighted by atomic mass is 9.86. The Morgan fingerprint density at radius 3 is 2.87 bits per heavy atom. The second-order valence-electron chi connectivity index (χ2n) is 3.86. The average molecular weight is 222 g/mol. The minimum absolute atomic E-state index is 0.516. The van der Waals surface area contributed by atoms with Crippen LogP contribution >= 0.6 is 11.6 Å². The smallest absolute Gasteiger partial charge is 0.137 e. The van der Waals surface area contributed by atoms with Crippen LogP contribution in [0.5, 0.6) is 5.75 Å². The summed E-state index contributed by atoms with van der Waals surface area (Å²) in [6.07, 6.45) is 3.80. The first-order valence-electron chi connectivity index (χ1n) is 5.12. The van der Waals surface area contributed by atoms with Crippen molar-refractivity contribution in [2.75, 3.05) is 6.61 Å². The van der Waals surface area contributed by atoms with Crippen LogP contribution in [0.15, 0.2) is 18.2 Å². The van der Waals surface area contributed by atoms with Crippen molar-refractivity contribution >= 4 is 11.6 Å². The van der Waals surface area contributed by atoms with E-state index < -0.39 is 0 Å². The van der Waals surface area contributed by atoms with E-state index in [1.54, 1.807) is 18.2 Å². The van der Waals surface area contributed by atoms with Crippen molar-refractivity contribution < 1.29 is 4.74 Å². The van der Waals surface area contributed by atoms with Crippen molar-refractivity contribution in [3.8, 4) is 11.8 Å². The molecule has 1 fully saturated rings. The molecule has 0 bridgehead atoms. The first-order valence-corrected chi connectivity index (χ1v) is 5.50. The van der Waals surface area contributed by atoms with Crippen LogP contribution < -0.4 is 4.74 Å². The Morgan fingerprint density at radius 2 is 2.27 bits per heavy atom. The number of rotatable bonds is 3. The van der Waals surface area contributed by atoms with Crippen LogP contribution in [0.3, 0.4) is 0 Å². The first kappa shape index (κ1) is 10.3. The minimum atomic E-state index is 0.516. The quantitative estimate of drug-likeness (QED) is 0.784. The predicted octanol–water partition coefficient (Wildman–Crippen LogP) is 3.39. The van der Waals surface area contributed by atoms with Crippen molar-refractivity contribution in [3.63, 3.8) is 0 Å². The summed E-state index contributed by atoms with van der Waals surface area (Å²) in [7, 11) is 0. The molecule has 0 aliphatic heterocycles. The van der Waals surface area contributed by atoms with E-state index in [1.807, 2.05) is 0 Å². The molecule has 78 valence electrons. The van der Waals surface area contributed by atoms with Crippen LogP contribution in [0, 0.1) is 17.2 Å². The zero-order valence-electron chi connectivity index (χ0n) is 8.37. The summed E-state index contributed by atoms with van der Waals surface area (Å²) in [5.41, 5.74) is 0.516. The highest BCUT2D eigenvalue weighted by molar-refractivity contribution is 6.30. The summed E-state index contributed by atoms with van der Waals surface area (Å²) in [5.74, 6) is 1.32. The monoisotopic (exact) mass is 221 g/mol. The van der Waals surface area contributed by atoms with Crippen LogP contribution in [0.1, 0.15) is 24.8 Å². The average Bonchev–Trinajstić information content (AvgIpc) is 2.17. The van der Waals surface area contributed by atoms with Crippen molar-refractivity contribution in [1.82, 2.24) is 0 Å². The molecule has 0 atom stereocenters. The molecule has 3 heteroatoms. The number of benzene rings is 1. The lowest BCUT2D eigenvalue weighted by molar-refractivity contribution is 0.180. The molecule has 0 amide bonds. The summed E-state index contributed by atoms with van der Waals surface area (Å²) in [4.78, 5) is 0. The Bertz CT molecular complexity index is 393. The highest BCUT2D eigenvalue weighted by atomic mass is 35.5. The van der Waals surface area contributed by atoms with Gasteiger partial charge in [-0.3, -0.25) is 0 Å². The second kappa shape index (κ2) is 4.55. The molecule has 1 aromatic rings. The Balaban J connectivity index is 2.03. The van der Waals surface area contributed by atoms with E-state index in [9.17, 15) is 0 Å². The molecule has 1 aliphatic carbocycles. The van der Waals surface area contributed by atoms with E-state index in [1.165, 1.54) is 19.3 Å². The summed E-state index contributed by atoms with van der Waals surface area (Å²) in [6, 6.07) is 7.24. The number of nitrogens with zero attached hydrogens (tertiary/aromatic N) is 1. The van der Waals surface area contributed by atoms with Crippen molar-refractivity contribution in [1.29, 1.82) is 5.26 Å². The Morgan fingerprint density at radius 1 is 1.47 bits per heavy atom. The fourth-order valence-electron chi connectivity index (χ4n) is 1.58. The molecule has 0 radical (unpaired) electrons. The first-order chi connectivity index (χ1) is 7.29. The third-order valence-corrected chi connectivity index (χ3v) is 3.00. The summed E-state index contributed by atoms with van der Waals surface area (Å²) in [5, 5.41) is 9.46. The van der Waals surface area contributed by atoms with Crippen LogP contribution in [-0.4, -0.2) is 6.61 Å². The SMILES string of the molecule is N#Cc1cc(Cl)ccc1OCC1CCC1. The number of hydrogen-bond acceptors (Lipinski definition) is 2. The summed E-state index contributed by atoms with van der Waals surface area (Å²) < 4.78 is 5.61. The van der Waals surface area contributed by atoms with Gasteiger partial charge < -0.3 is 4.74 Å². The van der Waals surface area contributed by atoms with Gasteiger partial charge in [0, 0.05) is 5.02 Å². The standard InChI is InChI=1S/C12H12ClNO/c13-11-4-5-12(10(6-11)7-14)15-8-9-2-1-3-9/h4-6,9H,1-3,8H2. The van der Waals surface area contributed by atoms with Crippen LogP contribution in [0.25, 0.3) is 0 Å². The molecule has 0 N–H and O–H groups in total. The molecule has 0 aromatic heterocycles. The van der Waals surface area contributed by atoms with Gasteiger partial charge in [0.25, 0.3) is 0 Å². The maximum absolute atomic E-state index is 8.89. The normalized spacial score (nSPS) is 15.5. The maximum Gasteiger partial charge on any atom is 0.137 e. The van der Waals surface area contributed by atoms with Gasteiger partial charge in [-0.2, -0.15) is 5.26 Å². The minimum Gasteiger partial charge on any atom is -0.492 e. The number of halogens is 1. The molecule has 1 saturated carbocycles. The van der Waals surface area contributed by atoms with Crippen molar-refractivity contribution in [3.05, 3.63) is 28.8 Å². The van der Waals surface area contributed by atoms with Crippen molar-refractivity contribution in [2.45, 2.75) is 19.3 Å². The lowest BCUT2D eigenvalue weighted by Crippen LogP contribution is -2.19. The van der Waals surface area contributed by atoms with Crippen LogP contribution in [-0.2, 0) is 0 Å². The molecule has 0 spiro atoms. The molecule has 0 saturated heterocycles. The Labute approximate surface area is 94.4 Å². The van der Waals surface area contributed by atoms with Gasteiger partial charge in [0.15, 0.2) is 0 Å². The number of nitriles is 1. The molecule has 1 aromatic carbocycles. The Hall–Kier alpha value is -1.20. The fourth-order valence-corrected chi connectivity index (χ4v) is 1.75. The van der Waals surface area contributed by atoms with E-state index in [0.29, 0.717) is 22.3 Å². The van der Waals surface area contributed by atoms with Gasteiger partial charge in [0.05, 0.1) is 12.2 Å². The van der Waals surface area contributed by atoms with Crippen LogP contribution in [0.4, 0.5) is 0 Å². The zero-order valence-corrected chi connectivity index (χ0v) is 9.13. The van der Waals surface area contributed by atoms with Gasteiger partial charge in [-0.25, -0.2) is 0 Å². The van der Waals surface area contributed by atoms with Gasteiger partial charge in [-0.05, 0) is 37.0 Å². The zero-order chi connectivity index (χ0) is 10.7. The lowest BCUT2D eigenvalue weighted by Gasteiger charge is -2.25. The van der Waals surface area contributed by atoms with E-state index in [0.717, 1.165) is 6.61 Å². The molecule has 1 aliphatic rings. The topological polar surface area (TPSA) is 33.0 Å². The molecule has 0 unspecified atom stereocenters. The van der Waals surface area contributed by atoms with Gasteiger partial charge in [0.2, 0.25) is 0 Å². The van der Waals surface area contributed by atoms with E-state index in [-0.39, 0.29) is 0 Å². The highest BCUT2D eigenvalue weighted by Crippen LogP contribution is 2.28. The third kappa shape index (κ3) is 2.43. The maximum atomic E-state index is 8.89. The molecule has 15 heavy (non-hydrogen) atoms. The predicted molar refractivity (Wildman–Crippen MR) is 59.0 cm³/mol. The Kier molecular flexibility index (Phi) is 3.13.